The number of rotatable bonds is 4. The second-order valence-corrected chi connectivity index (χ2v) is 6.63. The van der Waals surface area contributed by atoms with Crippen LogP contribution in [0.1, 0.15) is 0 Å². The Balaban J connectivity index is 1.82. The fourth-order valence-corrected chi connectivity index (χ4v) is 2.96. The Bertz CT molecular complexity index is 1020. The second-order valence-electron chi connectivity index (χ2n) is 5.71. The summed E-state index contributed by atoms with van der Waals surface area (Å²) >= 11 is 3.47. The van der Waals surface area contributed by atoms with Crippen LogP contribution in [-0.2, 0) is 0 Å². The molecule has 5 heteroatoms. The third kappa shape index (κ3) is 3.78. The number of benzene rings is 2. The van der Waals surface area contributed by atoms with Gasteiger partial charge < -0.3 is 5.32 Å². The minimum Gasteiger partial charge on any atom is -0.340 e. The lowest BCUT2D eigenvalue weighted by Crippen LogP contribution is -1.99. The summed E-state index contributed by atoms with van der Waals surface area (Å²) in [7, 11) is 0. The lowest BCUT2D eigenvalue weighted by atomic mass is 10.1. The van der Waals surface area contributed by atoms with Gasteiger partial charge in [0.1, 0.15) is 5.82 Å². The normalized spacial score (nSPS) is 10.5. The first-order chi connectivity index (χ1) is 12.8. The lowest BCUT2D eigenvalue weighted by Gasteiger charge is -2.10. The van der Waals surface area contributed by atoms with Crippen molar-refractivity contribution in [1.29, 1.82) is 0 Å². The molecular formula is C21H15BrN4. The highest BCUT2D eigenvalue weighted by molar-refractivity contribution is 9.10. The van der Waals surface area contributed by atoms with E-state index in [2.05, 4.69) is 26.2 Å². The van der Waals surface area contributed by atoms with Gasteiger partial charge >= 0.3 is 0 Å². The van der Waals surface area contributed by atoms with Gasteiger partial charge in [0.15, 0.2) is 5.82 Å². The molecule has 0 bridgehead atoms. The van der Waals surface area contributed by atoms with E-state index < -0.39 is 0 Å². The molecule has 0 unspecified atom stereocenters. The number of para-hydroxylation sites is 1. The molecule has 0 fully saturated rings. The Morgan fingerprint density at radius 2 is 1.46 bits per heavy atom. The van der Waals surface area contributed by atoms with Crippen molar-refractivity contribution in [3.8, 4) is 22.6 Å². The molecule has 0 spiro atoms. The van der Waals surface area contributed by atoms with Crippen molar-refractivity contribution in [2.24, 2.45) is 0 Å². The van der Waals surface area contributed by atoms with Crippen LogP contribution in [0.5, 0.6) is 0 Å². The summed E-state index contributed by atoms with van der Waals surface area (Å²) in [6, 6.07) is 23.9. The number of nitrogens with one attached hydrogen (secondary N) is 1. The van der Waals surface area contributed by atoms with Crippen LogP contribution in [-0.4, -0.2) is 15.0 Å². The fraction of sp³-hybridized carbons (Fsp3) is 0. The lowest BCUT2D eigenvalue weighted by molar-refractivity contribution is 1.17. The minimum absolute atomic E-state index is 0.668. The van der Waals surface area contributed by atoms with Crippen molar-refractivity contribution in [1.82, 2.24) is 15.0 Å². The molecule has 0 saturated carbocycles. The van der Waals surface area contributed by atoms with Crippen LogP contribution in [0.2, 0.25) is 0 Å². The summed E-state index contributed by atoms with van der Waals surface area (Å²) in [5.74, 6) is 1.40. The number of pyridine rings is 1. The van der Waals surface area contributed by atoms with Gasteiger partial charge in [0.25, 0.3) is 0 Å². The van der Waals surface area contributed by atoms with Gasteiger partial charge in [0, 0.05) is 39.7 Å². The molecule has 4 rings (SSSR count). The number of anilines is 2. The average Bonchev–Trinajstić information content (AvgIpc) is 2.69. The smallest absolute Gasteiger partial charge is 0.162 e. The van der Waals surface area contributed by atoms with Gasteiger partial charge in [-0.3, -0.25) is 4.98 Å². The van der Waals surface area contributed by atoms with Crippen LogP contribution in [0.15, 0.2) is 89.7 Å². The van der Waals surface area contributed by atoms with E-state index in [0.717, 1.165) is 32.8 Å². The van der Waals surface area contributed by atoms with Crippen LogP contribution in [0.4, 0.5) is 11.5 Å². The molecular weight excluding hydrogens is 388 g/mol. The largest absolute Gasteiger partial charge is 0.340 e. The molecule has 0 radical (unpaired) electrons. The molecule has 2 heterocycles. The monoisotopic (exact) mass is 402 g/mol. The zero-order valence-electron chi connectivity index (χ0n) is 13.8. The summed E-state index contributed by atoms with van der Waals surface area (Å²) in [6.07, 6.45) is 3.56. The topological polar surface area (TPSA) is 50.7 Å². The molecule has 126 valence electrons. The summed E-state index contributed by atoms with van der Waals surface area (Å²) in [5.41, 5.74) is 3.68. The summed E-state index contributed by atoms with van der Waals surface area (Å²) < 4.78 is 0.910. The van der Waals surface area contributed by atoms with Crippen molar-refractivity contribution >= 4 is 27.4 Å². The van der Waals surface area contributed by atoms with Gasteiger partial charge in [-0.1, -0.05) is 48.5 Å². The van der Waals surface area contributed by atoms with Gasteiger partial charge in [0.2, 0.25) is 0 Å². The maximum absolute atomic E-state index is 4.74. The van der Waals surface area contributed by atoms with E-state index in [1.807, 2.05) is 72.8 Å². The van der Waals surface area contributed by atoms with Crippen molar-refractivity contribution in [3.05, 3.63) is 89.7 Å². The van der Waals surface area contributed by atoms with Gasteiger partial charge in [-0.05, 0) is 34.1 Å². The molecule has 4 aromatic rings. The molecule has 0 aliphatic carbocycles. The van der Waals surface area contributed by atoms with E-state index in [1.54, 1.807) is 12.4 Å². The number of hydrogen-bond acceptors (Lipinski definition) is 4. The van der Waals surface area contributed by atoms with Crippen LogP contribution in [0.25, 0.3) is 22.6 Å². The van der Waals surface area contributed by atoms with Gasteiger partial charge in [-0.15, -0.1) is 0 Å². The standard InChI is InChI=1S/C21H15BrN4/c22-17-11-16(13-23-14-17)19-12-20(24-18-9-5-2-6-10-18)26-21(25-19)15-7-3-1-4-8-15/h1-14H,(H,24,25,26). The number of nitrogens with zero attached hydrogens (tertiary/aromatic N) is 3. The summed E-state index contributed by atoms with van der Waals surface area (Å²) in [6.45, 7) is 0. The van der Waals surface area contributed by atoms with Gasteiger partial charge in [-0.2, -0.15) is 0 Å². The Hall–Kier alpha value is -3.05. The van der Waals surface area contributed by atoms with Crippen molar-refractivity contribution < 1.29 is 0 Å². The molecule has 2 aromatic carbocycles. The first kappa shape index (κ1) is 16.4. The van der Waals surface area contributed by atoms with E-state index in [9.17, 15) is 0 Å². The highest BCUT2D eigenvalue weighted by Gasteiger charge is 2.10. The molecule has 2 aromatic heterocycles. The predicted octanol–water partition coefficient (Wildman–Crippen LogP) is 5.71. The number of aromatic nitrogens is 3. The fourth-order valence-electron chi connectivity index (χ4n) is 2.60. The predicted molar refractivity (Wildman–Crippen MR) is 108 cm³/mol. The molecule has 0 atom stereocenters. The Labute approximate surface area is 160 Å². The third-order valence-corrected chi connectivity index (χ3v) is 4.24. The maximum Gasteiger partial charge on any atom is 0.162 e. The van der Waals surface area contributed by atoms with Crippen LogP contribution in [0.3, 0.4) is 0 Å². The van der Waals surface area contributed by atoms with Crippen molar-refractivity contribution in [3.63, 3.8) is 0 Å². The minimum atomic E-state index is 0.668. The molecule has 0 aliphatic rings. The van der Waals surface area contributed by atoms with Gasteiger partial charge in [0.05, 0.1) is 5.69 Å². The Morgan fingerprint density at radius 3 is 2.19 bits per heavy atom. The number of halogens is 1. The zero-order valence-corrected chi connectivity index (χ0v) is 15.4. The average molecular weight is 403 g/mol. The van der Waals surface area contributed by atoms with Crippen LogP contribution >= 0.6 is 15.9 Å². The first-order valence-corrected chi connectivity index (χ1v) is 8.95. The van der Waals surface area contributed by atoms with E-state index >= 15 is 0 Å². The Morgan fingerprint density at radius 1 is 0.731 bits per heavy atom. The van der Waals surface area contributed by atoms with E-state index in [0.29, 0.717) is 5.82 Å². The highest BCUT2D eigenvalue weighted by atomic mass is 79.9. The van der Waals surface area contributed by atoms with Gasteiger partial charge in [-0.25, -0.2) is 9.97 Å². The summed E-state index contributed by atoms with van der Waals surface area (Å²) in [5, 5.41) is 3.36. The molecule has 4 nitrogen and oxygen atoms in total. The van der Waals surface area contributed by atoms with E-state index in [-0.39, 0.29) is 0 Å². The van der Waals surface area contributed by atoms with Crippen LogP contribution < -0.4 is 5.32 Å². The molecule has 0 aliphatic heterocycles. The third-order valence-electron chi connectivity index (χ3n) is 3.80. The second kappa shape index (κ2) is 7.45. The van der Waals surface area contributed by atoms with E-state index in [1.165, 1.54) is 0 Å². The molecule has 26 heavy (non-hydrogen) atoms. The number of hydrogen-bond donors (Lipinski definition) is 1. The first-order valence-electron chi connectivity index (χ1n) is 8.15. The van der Waals surface area contributed by atoms with Crippen molar-refractivity contribution in [2.75, 3.05) is 5.32 Å². The maximum atomic E-state index is 4.74. The molecule has 0 saturated heterocycles. The molecule has 1 N–H and O–H groups in total. The zero-order chi connectivity index (χ0) is 17.8. The van der Waals surface area contributed by atoms with E-state index in [4.69, 9.17) is 9.97 Å². The quantitative estimate of drug-likeness (QED) is 0.474. The highest BCUT2D eigenvalue weighted by Crippen LogP contribution is 2.27. The molecule has 0 amide bonds. The van der Waals surface area contributed by atoms with Crippen LogP contribution in [0, 0.1) is 0 Å². The Kier molecular flexibility index (Phi) is 4.71. The summed E-state index contributed by atoms with van der Waals surface area (Å²) in [4.78, 5) is 13.7. The van der Waals surface area contributed by atoms with Crippen molar-refractivity contribution in [2.45, 2.75) is 0 Å². The SMILES string of the molecule is Brc1cncc(-c2cc(Nc3ccccc3)nc(-c3ccccc3)n2)c1.